The Kier molecular flexibility index (Phi) is 5.25. The van der Waals surface area contributed by atoms with Crippen LogP contribution in [0.1, 0.15) is 50.0 Å². The van der Waals surface area contributed by atoms with Crippen molar-refractivity contribution in [3.8, 4) is 0 Å². The van der Waals surface area contributed by atoms with Crippen LogP contribution in [-0.2, 0) is 13.1 Å². The summed E-state index contributed by atoms with van der Waals surface area (Å²) in [6.45, 7) is 2.64. The highest BCUT2D eigenvalue weighted by Crippen LogP contribution is 2.20. The second-order valence-electron chi connectivity index (χ2n) is 6.94. The normalized spacial score (nSPS) is 13.3. The molecule has 2 amide bonds. The molecule has 4 rings (SSSR count). The van der Waals surface area contributed by atoms with Crippen LogP contribution in [0.15, 0.2) is 52.5 Å². The molecule has 0 spiro atoms. The molecule has 2 aromatic heterocycles. The van der Waals surface area contributed by atoms with Gasteiger partial charge >= 0.3 is 0 Å². The van der Waals surface area contributed by atoms with Gasteiger partial charge in [-0.2, -0.15) is 0 Å². The molecule has 0 atom stereocenters. The van der Waals surface area contributed by atoms with Gasteiger partial charge in [0.15, 0.2) is 0 Å². The Bertz CT molecular complexity index is 959. The number of amides is 2. The fraction of sp³-hybridized carbons (Fsp3) is 0.286. The third kappa shape index (κ3) is 4.48. The Labute approximate surface area is 167 Å². The molecule has 2 heterocycles. The van der Waals surface area contributed by atoms with E-state index >= 15 is 0 Å². The lowest BCUT2D eigenvalue weighted by Gasteiger charge is -2.21. The summed E-state index contributed by atoms with van der Waals surface area (Å²) in [6.07, 6.45) is 3.71. The van der Waals surface area contributed by atoms with Gasteiger partial charge in [-0.3, -0.25) is 9.59 Å². The maximum absolute atomic E-state index is 13.0. The molecule has 3 aromatic rings. The van der Waals surface area contributed by atoms with E-state index in [2.05, 4.69) is 10.3 Å². The predicted molar refractivity (Wildman–Crippen MR) is 106 cm³/mol. The van der Waals surface area contributed by atoms with E-state index in [1.54, 1.807) is 34.7 Å². The van der Waals surface area contributed by atoms with Crippen molar-refractivity contribution in [2.45, 2.75) is 38.9 Å². The Morgan fingerprint density at radius 3 is 2.61 bits per heavy atom. The van der Waals surface area contributed by atoms with Crippen LogP contribution in [0.25, 0.3) is 0 Å². The first kappa shape index (κ1) is 18.4. The molecule has 6 nitrogen and oxygen atoms in total. The molecule has 28 heavy (non-hydrogen) atoms. The highest BCUT2D eigenvalue weighted by Gasteiger charge is 2.24. The Morgan fingerprint density at radius 2 is 2.00 bits per heavy atom. The van der Waals surface area contributed by atoms with Crippen molar-refractivity contribution in [1.29, 1.82) is 0 Å². The van der Waals surface area contributed by atoms with E-state index in [1.807, 2.05) is 25.1 Å². The van der Waals surface area contributed by atoms with Crippen molar-refractivity contribution in [2.75, 3.05) is 0 Å². The smallest absolute Gasteiger partial charge is 0.274 e. The third-order valence-corrected chi connectivity index (χ3v) is 5.33. The first-order valence-corrected chi connectivity index (χ1v) is 10.1. The summed E-state index contributed by atoms with van der Waals surface area (Å²) in [5, 5.41) is 5.61. The van der Waals surface area contributed by atoms with Gasteiger partial charge in [-0.1, -0.05) is 12.1 Å². The number of thiazole rings is 1. The van der Waals surface area contributed by atoms with Crippen molar-refractivity contribution < 1.29 is 14.0 Å². The summed E-state index contributed by atoms with van der Waals surface area (Å²) in [7, 11) is 0. The Balaban J connectivity index is 1.49. The summed E-state index contributed by atoms with van der Waals surface area (Å²) in [6, 6.07) is 11.4. The number of hydrogen-bond acceptors (Lipinski definition) is 5. The van der Waals surface area contributed by atoms with Crippen LogP contribution >= 0.6 is 11.3 Å². The molecule has 0 radical (unpaired) electrons. The number of carbonyl (C=O) groups excluding carboxylic acids is 2. The van der Waals surface area contributed by atoms with Gasteiger partial charge in [-0.25, -0.2) is 4.98 Å². The summed E-state index contributed by atoms with van der Waals surface area (Å²) >= 11 is 1.45. The highest BCUT2D eigenvalue weighted by molar-refractivity contribution is 7.09. The largest absolute Gasteiger partial charge is 0.467 e. The fourth-order valence-corrected chi connectivity index (χ4v) is 3.48. The molecule has 0 saturated heterocycles. The van der Waals surface area contributed by atoms with E-state index in [-0.39, 0.29) is 11.8 Å². The quantitative estimate of drug-likeness (QED) is 0.661. The lowest BCUT2D eigenvalue weighted by molar-refractivity contribution is 0.0712. The van der Waals surface area contributed by atoms with E-state index < -0.39 is 0 Å². The topological polar surface area (TPSA) is 75.4 Å². The molecule has 0 bridgehead atoms. The van der Waals surface area contributed by atoms with Gasteiger partial charge in [0, 0.05) is 23.5 Å². The number of aromatic nitrogens is 1. The van der Waals surface area contributed by atoms with Crippen LogP contribution in [0.5, 0.6) is 0 Å². The molecule has 0 unspecified atom stereocenters. The molecule has 1 N–H and O–H groups in total. The minimum atomic E-state index is -0.142. The average Bonchev–Trinajstić information content (AvgIpc) is 3.16. The van der Waals surface area contributed by atoms with Crippen molar-refractivity contribution >= 4 is 23.2 Å². The van der Waals surface area contributed by atoms with E-state index in [0.29, 0.717) is 36.1 Å². The fourth-order valence-electron chi connectivity index (χ4n) is 2.89. The zero-order valence-electron chi connectivity index (χ0n) is 15.6. The van der Waals surface area contributed by atoms with Crippen LogP contribution in [0, 0.1) is 6.92 Å². The summed E-state index contributed by atoms with van der Waals surface area (Å²) < 4.78 is 5.42. The molecular weight excluding hydrogens is 374 g/mol. The molecule has 7 heteroatoms. The van der Waals surface area contributed by atoms with E-state index in [9.17, 15) is 9.59 Å². The maximum Gasteiger partial charge on any atom is 0.274 e. The standard InChI is InChI=1S/C21H21N3O3S/c1-14-22-19(13-28-14)21(26)24(12-18-3-2-10-27-18)11-15-4-6-16(7-5-15)20(25)23-17-8-9-17/h2-7,10,13,17H,8-9,11-12H2,1H3,(H,23,25). The number of benzene rings is 1. The predicted octanol–water partition coefficient (Wildman–Crippen LogP) is 3.78. The first-order valence-electron chi connectivity index (χ1n) is 9.22. The van der Waals surface area contributed by atoms with E-state index in [0.717, 1.165) is 23.4 Å². The van der Waals surface area contributed by atoms with Crippen LogP contribution < -0.4 is 5.32 Å². The van der Waals surface area contributed by atoms with Gasteiger partial charge in [0.05, 0.1) is 17.8 Å². The van der Waals surface area contributed by atoms with E-state index in [4.69, 9.17) is 4.42 Å². The van der Waals surface area contributed by atoms with Crippen LogP contribution in [0.4, 0.5) is 0 Å². The van der Waals surface area contributed by atoms with Crippen LogP contribution in [0.3, 0.4) is 0 Å². The second kappa shape index (κ2) is 7.98. The lowest BCUT2D eigenvalue weighted by Crippen LogP contribution is -2.30. The zero-order valence-corrected chi connectivity index (χ0v) is 16.4. The minimum absolute atomic E-state index is 0.0458. The second-order valence-corrected chi connectivity index (χ2v) is 8.00. The van der Waals surface area contributed by atoms with Gasteiger partial charge in [-0.05, 0) is 49.6 Å². The van der Waals surface area contributed by atoms with Crippen molar-refractivity contribution in [1.82, 2.24) is 15.2 Å². The zero-order chi connectivity index (χ0) is 19.5. The summed E-state index contributed by atoms with van der Waals surface area (Å²) in [5.74, 6) is 0.521. The average molecular weight is 395 g/mol. The van der Waals surface area contributed by atoms with Crippen molar-refractivity contribution in [3.63, 3.8) is 0 Å². The Morgan fingerprint density at radius 1 is 1.21 bits per heavy atom. The molecule has 1 aliphatic carbocycles. The molecule has 1 aliphatic rings. The first-order chi connectivity index (χ1) is 13.6. The minimum Gasteiger partial charge on any atom is -0.467 e. The summed E-state index contributed by atoms with van der Waals surface area (Å²) in [4.78, 5) is 31.1. The van der Waals surface area contributed by atoms with Crippen molar-refractivity contribution in [2.24, 2.45) is 0 Å². The monoisotopic (exact) mass is 395 g/mol. The number of nitrogens with one attached hydrogen (secondary N) is 1. The third-order valence-electron chi connectivity index (χ3n) is 4.55. The number of furan rings is 1. The number of hydrogen-bond donors (Lipinski definition) is 1. The van der Waals surface area contributed by atoms with E-state index in [1.165, 1.54) is 11.3 Å². The Hall–Kier alpha value is -2.93. The molecular formula is C21H21N3O3S. The number of rotatable bonds is 7. The van der Waals surface area contributed by atoms with Gasteiger partial charge in [0.1, 0.15) is 11.5 Å². The van der Waals surface area contributed by atoms with Gasteiger partial charge < -0.3 is 14.6 Å². The SMILES string of the molecule is Cc1nc(C(=O)N(Cc2ccc(C(=O)NC3CC3)cc2)Cc2ccco2)cs1. The number of nitrogens with zero attached hydrogens (tertiary/aromatic N) is 2. The van der Waals surface area contributed by atoms with Crippen LogP contribution in [0.2, 0.25) is 0 Å². The van der Waals surface area contributed by atoms with Crippen molar-refractivity contribution in [3.05, 3.63) is 75.6 Å². The van der Waals surface area contributed by atoms with Gasteiger partial charge in [-0.15, -0.1) is 11.3 Å². The van der Waals surface area contributed by atoms with Crippen LogP contribution in [-0.4, -0.2) is 27.7 Å². The highest BCUT2D eigenvalue weighted by atomic mass is 32.1. The molecule has 1 saturated carbocycles. The van der Waals surface area contributed by atoms with Gasteiger partial charge in [0.25, 0.3) is 11.8 Å². The lowest BCUT2D eigenvalue weighted by atomic mass is 10.1. The number of carbonyl (C=O) groups is 2. The number of aryl methyl sites for hydroxylation is 1. The van der Waals surface area contributed by atoms with Gasteiger partial charge in [0.2, 0.25) is 0 Å². The molecule has 1 aromatic carbocycles. The maximum atomic E-state index is 13.0. The molecule has 0 aliphatic heterocycles. The molecule has 144 valence electrons. The molecule has 1 fully saturated rings. The summed E-state index contributed by atoms with van der Waals surface area (Å²) in [5.41, 5.74) is 2.01.